The van der Waals surface area contributed by atoms with Crippen LogP contribution in [0.4, 0.5) is 0 Å². The first-order chi connectivity index (χ1) is 11.3. The molecule has 1 heterocycles. The van der Waals surface area contributed by atoms with Crippen LogP contribution >= 0.6 is 0 Å². The first kappa shape index (κ1) is 20.4. The van der Waals surface area contributed by atoms with Crippen molar-refractivity contribution >= 4 is 6.21 Å². The van der Waals surface area contributed by atoms with Crippen LogP contribution in [0.5, 0.6) is 0 Å². The van der Waals surface area contributed by atoms with Crippen molar-refractivity contribution in [3.8, 4) is 0 Å². The summed E-state index contributed by atoms with van der Waals surface area (Å²) in [6.07, 6.45) is 20.2. The second-order valence-corrected chi connectivity index (χ2v) is 6.94. The minimum Gasteiger partial charge on any atom is -0.391 e. The zero-order valence-corrected chi connectivity index (χ0v) is 15.6. The average molecular weight is 324 g/mol. The molecule has 0 amide bonds. The van der Waals surface area contributed by atoms with E-state index in [0.717, 1.165) is 30.5 Å². The highest BCUT2D eigenvalue weighted by molar-refractivity contribution is 5.60. The van der Waals surface area contributed by atoms with Gasteiger partial charge in [-0.3, -0.25) is 4.48 Å². The van der Waals surface area contributed by atoms with E-state index in [0.29, 0.717) is 6.17 Å². The number of aliphatic hydroxyl groups excluding tert-OH is 1. The number of rotatable bonds is 14. The van der Waals surface area contributed by atoms with Gasteiger partial charge in [0, 0.05) is 6.42 Å². The van der Waals surface area contributed by atoms with E-state index in [1.807, 2.05) is 0 Å². The highest BCUT2D eigenvalue weighted by Gasteiger charge is 2.36. The Morgan fingerprint density at radius 1 is 1.04 bits per heavy atom. The summed E-state index contributed by atoms with van der Waals surface area (Å²) in [4.78, 5) is 4.67. The van der Waals surface area contributed by atoms with Gasteiger partial charge >= 0.3 is 0 Å². The Morgan fingerprint density at radius 3 is 2.43 bits per heavy atom. The predicted molar refractivity (Wildman–Crippen MR) is 101 cm³/mol. The van der Waals surface area contributed by atoms with E-state index < -0.39 is 0 Å². The zero-order valence-electron chi connectivity index (χ0n) is 15.6. The third-order valence-electron chi connectivity index (χ3n) is 5.25. The second-order valence-electron chi connectivity index (χ2n) is 6.94. The first-order valence-corrected chi connectivity index (χ1v) is 9.92. The van der Waals surface area contributed by atoms with Crippen LogP contribution in [0.25, 0.3) is 0 Å². The maximum absolute atomic E-state index is 9.32. The van der Waals surface area contributed by atoms with E-state index in [-0.39, 0.29) is 6.61 Å². The normalized spacial score (nSPS) is 24.0. The van der Waals surface area contributed by atoms with Crippen molar-refractivity contribution in [2.75, 3.05) is 26.2 Å². The summed E-state index contributed by atoms with van der Waals surface area (Å²) < 4.78 is 0.956. The van der Waals surface area contributed by atoms with E-state index in [2.05, 4.69) is 37.2 Å². The molecule has 3 nitrogen and oxygen atoms in total. The molecule has 1 aliphatic rings. The number of nitrogens with zero attached hydrogens (tertiary/aromatic N) is 2. The van der Waals surface area contributed by atoms with Gasteiger partial charge in [-0.05, 0) is 32.6 Å². The number of aliphatic hydroxyl groups is 1. The van der Waals surface area contributed by atoms with Crippen LogP contribution < -0.4 is 0 Å². The van der Waals surface area contributed by atoms with Crippen molar-refractivity contribution in [1.29, 1.82) is 0 Å². The molecule has 0 saturated heterocycles. The maximum Gasteiger partial charge on any atom is 0.182 e. The summed E-state index contributed by atoms with van der Waals surface area (Å²) in [6, 6.07) is 0. The number of aliphatic imine (C=N–C) groups is 1. The number of allylic oxidation sites excluding steroid dienone is 2. The summed E-state index contributed by atoms with van der Waals surface area (Å²) in [5.74, 6) is 0. The Bertz CT molecular complexity index is 341. The third kappa shape index (κ3) is 7.63. The van der Waals surface area contributed by atoms with Crippen molar-refractivity contribution in [2.24, 2.45) is 4.99 Å². The fourth-order valence-electron chi connectivity index (χ4n) is 3.58. The quantitative estimate of drug-likeness (QED) is 0.280. The van der Waals surface area contributed by atoms with Crippen molar-refractivity contribution in [2.45, 2.75) is 84.2 Å². The molecule has 1 aliphatic heterocycles. The lowest BCUT2D eigenvalue weighted by molar-refractivity contribution is -0.936. The molecule has 0 aliphatic carbocycles. The molecule has 2 atom stereocenters. The van der Waals surface area contributed by atoms with Gasteiger partial charge in [0.1, 0.15) is 13.1 Å². The van der Waals surface area contributed by atoms with E-state index in [9.17, 15) is 5.11 Å². The fraction of sp³-hybridized carbons (Fsp3) is 0.850. The van der Waals surface area contributed by atoms with Crippen molar-refractivity contribution < 1.29 is 9.59 Å². The standard InChI is InChI=1S/C20H39N2O/c1-3-5-6-7-8-9-10-11-12-13-14-15-20-21-16-17-22(20,4-2)18-19-23/h11-12,16,20,23H,3-10,13-15,17-19H2,1-2H3/q+1/b12-11+. The second kappa shape index (κ2) is 12.7. The van der Waals surface area contributed by atoms with Crippen molar-refractivity contribution in [3.63, 3.8) is 0 Å². The van der Waals surface area contributed by atoms with Gasteiger partial charge in [0.2, 0.25) is 0 Å². The number of unbranched alkanes of at least 4 members (excludes halogenated alkanes) is 7. The molecular weight excluding hydrogens is 284 g/mol. The number of likely N-dealkylation sites (N-methyl/N-ethyl adjacent to an activating group) is 1. The van der Waals surface area contributed by atoms with Gasteiger partial charge in [0.15, 0.2) is 6.17 Å². The maximum atomic E-state index is 9.32. The highest BCUT2D eigenvalue weighted by Crippen LogP contribution is 2.23. The molecule has 0 saturated carbocycles. The minimum absolute atomic E-state index is 0.270. The number of hydrogen-bond donors (Lipinski definition) is 1. The van der Waals surface area contributed by atoms with Gasteiger partial charge < -0.3 is 5.11 Å². The van der Waals surface area contributed by atoms with Crippen LogP contribution in [0.3, 0.4) is 0 Å². The van der Waals surface area contributed by atoms with Gasteiger partial charge in [0.05, 0.1) is 19.4 Å². The summed E-state index contributed by atoms with van der Waals surface area (Å²) >= 11 is 0. The van der Waals surface area contributed by atoms with Crippen LogP contribution in [-0.4, -0.2) is 48.2 Å². The lowest BCUT2D eigenvalue weighted by Crippen LogP contribution is -2.53. The van der Waals surface area contributed by atoms with Gasteiger partial charge in [-0.1, -0.05) is 51.2 Å². The van der Waals surface area contributed by atoms with Crippen molar-refractivity contribution in [3.05, 3.63) is 12.2 Å². The van der Waals surface area contributed by atoms with Gasteiger partial charge in [-0.15, -0.1) is 0 Å². The van der Waals surface area contributed by atoms with Crippen LogP contribution in [0.1, 0.15) is 78.1 Å². The molecule has 0 aromatic heterocycles. The van der Waals surface area contributed by atoms with Gasteiger partial charge in [0.25, 0.3) is 0 Å². The van der Waals surface area contributed by atoms with Crippen LogP contribution in [0, 0.1) is 0 Å². The monoisotopic (exact) mass is 323 g/mol. The predicted octanol–water partition coefficient (Wildman–Crippen LogP) is 4.70. The Labute approximate surface area is 144 Å². The molecule has 0 aromatic rings. The Kier molecular flexibility index (Phi) is 11.3. The molecule has 1 rings (SSSR count). The van der Waals surface area contributed by atoms with Crippen molar-refractivity contribution in [1.82, 2.24) is 0 Å². The lowest BCUT2D eigenvalue weighted by Gasteiger charge is -2.37. The highest BCUT2D eigenvalue weighted by atomic mass is 16.3. The Balaban J connectivity index is 2.07. The van der Waals surface area contributed by atoms with E-state index in [1.165, 1.54) is 57.8 Å². The van der Waals surface area contributed by atoms with E-state index >= 15 is 0 Å². The molecule has 0 radical (unpaired) electrons. The van der Waals surface area contributed by atoms with Crippen LogP contribution in [0.15, 0.2) is 17.1 Å². The Hall–Kier alpha value is -0.670. The summed E-state index contributed by atoms with van der Waals surface area (Å²) in [5, 5.41) is 9.32. The van der Waals surface area contributed by atoms with Crippen LogP contribution in [-0.2, 0) is 0 Å². The summed E-state index contributed by atoms with van der Waals surface area (Å²) in [5.41, 5.74) is 0. The minimum atomic E-state index is 0.270. The molecule has 0 fully saturated rings. The molecule has 3 heteroatoms. The topological polar surface area (TPSA) is 32.6 Å². The first-order valence-electron chi connectivity index (χ1n) is 9.92. The zero-order chi connectivity index (χ0) is 16.8. The molecule has 23 heavy (non-hydrogen) atoms. The average Bonchev–Trinajstić information content (AvgIpc) is 2.96. The van der Waals surface area contributed by atoms with E-state index in [4.69, 9.17) is 0 Å². The lowest BCUT2D eigenvalue weighted by atomic mass is 10.1. The fourth-order valence-corrected chi connectivity index (χ4v) is 3.58. The van der Waals surface area contributed by atoms with Gasteiger partial charge in [-0.25, -0.2) is 4.99 Å². The van der Waals surface area contributed by atoms with Crippen LogP contribution in [0.2, 0.25) is 0 Å². The molecule has 0 aromatic carbocycles. The van der Waals surface area contributed by atoms with Gasteiger partial charge in [-0.2, -0.15) is 0 Å². The summed E-state index contributed by atoms with van der Waals surface area (Å²) in [7, 11) is 0. The Morgan fingerprint density at radius 2 is 1.74 bits per heavy atom. The number of hydrogen-bond acceptors (Lipinski definition) is 2. The third-order valence-corrected chi connectivity index (χ3v) is 5.25. The molecule has 0 bridgehead atoms. The molecule has 1 N–H and O–H groups in total. The number of quaternary nitrogens is 1. The summed E-state index contributed by atoms with van der Waals surface area (Å²) in [6.45, 7) is 7.67. The molecule has 2 unspecified atom stereocenters. The molecule has 134 valence electrons. The van der Waals surface area contributed by atoms with E-state index in [1.54, 1.807) is 0 Å². The molecular formula is C20H39N2O+. The smallest absolute Gasteiger partial charge is 0.182 e. The SMILES string of the molecule is CCCCCCCC/C=C/CCCC1N=CC[N+]1(CC)CCO. The molecule has 0 spiro atoms. The largest absolute Gasteiger partial charge is 0.391 e.